The van der Waals surface area contributed by atoms with Crippen LogP contribution < -0.4 is 15.8 Å². The molecule has 148 valence electrons. The van der Waals surface area contributed by atoms with Gasteiger partial charge in [0.2, 0.25) is 5.91 Å². The number of hydrogen-bond donors (Lipinski definition) is 1. The van der Waals surface area contributed by atoms with Gasteiger partial charge in [-0.2, -0.15) is 0 Å². The Morgan fingerprint density at radius 1 is 1.18 bits per heavy atom. The summed E-state index contributed by atoms with van der Waals surface area (Å²) in [5.41, 5.74) is 0.698. The van der Waals surface area contributed by atoms with Gasteiger partial charge < -0.3 is 15.1 Å². The molecular formula is C19H25N7O2. The van der Waals surface area contributed by atoms with Gasteiger partial charge in [-0.3, -0.25) is 14.2 Å². The molecule has 2 aromatic heterocycles. The molecule has 0 unspecified atom stereocenters. The van der Waals surface area contributed by atoms with Crippen molar-refractivity contribution in [1.82, 2.24) is 24.6 Å². The van der Waals surface area contributed by atoms with Gasteiger partial charge in [0.15, 0.2) is 5.82 Å². The predicted octanol–water partition coefficient (Wildman–Crippen LogP) is 0.691. The van der Waals surface area contributed by atoms with Crippen LogP contribution in [0.5, 0.6) is 0 Å². The molecule has 1 saturated heterocycles. The molecule has 1 saturated carbocycles. The Hall–Kier alpha value is -2.97. The van der Waals surface area contributed by atoms with Crippen LogP contribution in [0.25, 0.3) is 0 Å². The highest BCUT2D eigenvalue weighted by atomic mass is 16.2. The third-order valence-corrected chi connectivity index (χ3v) is 5.17. The molecule has 2 aromatic rings. The minimum atomic E-state index is -0.153. The number of aromatic nitrogens is 4. The molecule has 0 spiro atoms. The van der Waals surface area contributed by atoms with Gasteiger partial charge in [0.05, 0.1) is 12.0 Å². The van der Waals surface area contributed by atoms with Gasteiger partial charge >= 0.3 is 0 Å². The van der Waals surface area contributed by atoms with E-state index < -0.39 is 0 Å². The second-order valence-corrected chi connectivity index (χ2v) is 7.23. The molecule has 0 atom stereocenters. The van der Waals surface area contributed by atoms with Crippen LogP contribution in [0.2, 0.25) is 0 Å². The quantitative estimate of drug-likeness (QED) is 0.784. The minimum absolute atomic E-state index is 0.0357. The Morgan fingerprint density at radius 2 is 1.96 bits per heavy atom. The Bertz CT molecular complexity index is 884. The predicted molar refractivity (Wildman–Crippen MR) is 105 cm³/mol. The smallest absolute Gasteiger partial charge is 0.254 e. The first-order chi connectivity index (χ1) is 13.6. The van der Waals surface area contributed by atoms with E-state index in [1.807, 2.05) is 19.1 Å². The van der Waals surface area contributed by atoms with Crippen LogP contribution in [-0.4, -0.2) is 63.3 Å². The number of nitrogens with zero attached hydrogens (tertiary/aromatic N) is 6. The zero-order chi connectivity index (χ0) is 19.5. The van der Waals surface area contributed by atoms with Crippen molar-refractivity contribution >= 4 is 17.5 Å². The fraction of sp³-hybridized carbons (Fsp3) is 0.526. The van der Waals surface area contributed by atoms with Crippen molar-refractivity contribution in [3.63, 3.8) is 0 Å². The number of carbonyl (C=O) groups is 1. The van der Waals surface area contributed by atoms with E-state index in [2.05, 4.69) is 25.4 Å². The first-order valence-corrected chi connectivity index (χ1v) is 9.80. The summed E-state index contributed by atoms with van der Waals surface area (Å²) in [6, 6.07) is 5.42. The first-order valence-electron chi connectivity index (χ1n) is 9.80. The lowest BCUT2D eigenvalue weighted by Gasteiger charge is -2.35. The average molecular weight is 383 g/mol. The molecule has 9 heteroatoms. The summed E-state index contributed by atoms with van der Waals surface area (Å²) in [6.07, 6.45) is 3.70. The summed E-state index contributed by atoms with van der Waals surface area (Å²) < 4.78 is 1.39. The van der Waals surface area contributed by atoms with Crippen LogP contribution in [0.1, 0.15) is 31.4 Å². The van der Waals surface area contributed by atoms with Crippen LogP contribution in [0.4, 0.5) is 11.6 Å². The summed E-state index contributed by atoms with van der Waals surface area (Å²) in [5, 5.41) is 11.5. The summed E-state index contributed by atoms with van der Waals surface area (Å²) in [6.45, 7) is 5.42. The summed E-state index contributed by atoms with van der Waals surface area (Å²) >= 11 is 0. The van der Waals surface area contributed by atoms with E-state index in [4.69, 9.17) is 0 Å². The number of rotatable bonds is 6. The van der Waals surface area contributed by atoms with Crippen LogP contribution in [0.15, 0.2) is 29.3 Å². The van der Waals surface area contributed by atoms with E-state index >= 15 is 0 Å². The number of amides is 1. The van der Waals surface area contributed by atoms with Crippen LogP contribution in [-0.2, 0) is 11.3 Å². The molecule has 1 aliphatic carbocycles. The molecule has 0 aromatic carbocycles. The van der Waals surface area contributed by atoms with Crippen molar-refractivity contribution < 1.29 is 4.79 Å². The van der Waals surface area contributed by atoms with Gasteiger partial charge in [0.1, 0.15) is 12.4 Å². The van der Waals surface area contributed by atoms with Crippen molar-refractivity contribution in [2.45, 2.75) is 32.2 Å². The van der Waals surface area contributed by atoms with Crippen molar-refractivity contribution in [1.29, 1.82) is 0 Å². The maximum atomic E-state index is 12.6. The van der Waals surface area contributed by atoms with Gasteiger partial charge in [-0.25, -0.2) is 4.98 Å². The number of nitrogens with one attached hydrogen (secondary N) is 1. The number of piperazine rings is 1. The van der Waals surface area contributed by atoms with Crippen LogP contribution in [0, 0.1) is 0 Å². The maximum Gasteiger partial charge on any atom is 0.254 e. The number of anilines is 2. The molecule has 2 fully saturated rings. The van der Waals surface area contributed by atoms with Crippen molar-refractivity contribution in [3.05, 3.63) is 40.6 Å². The van der Waals surface area contributed by atoms with Gasteiger partial charge in [-0.05, 0) is 31.9 Å². The largest absolute Gasteiger partial charge is 0.369 e. The highest BCUT2D eigenvalue weighted by molar-refractivity contribution is 5.76. The van der Waals surface area contributed by atoms with Crippen LogP contribution in [0.3, 0.4) is 0 Å². The highest BCUT2D eigenvalue weighted by Crippen LogP contribution is 2.38. The van der Waals surface area contributed by atoms with Gasteiger partial charge in [0.25, 0.3) is 5.56 Å². The molecule has 1 amide bonds. The van der Waals surface area contributed by atoms with Crippen molar-refractivity contribution in [3.8, 4) is 0 Å². The normalized spacial score (nSPS) is 16.9. The van der Waals surface area contributed by atoms with Gasteiger partial charge in [0, 0.05) is 44.7 Å². The Labute approximate surface area is 163 Å². The molecule has 28 heavy (non-hydrogen) atoms. The van der Waals surface area contributed by atoms with Crippen molar-refractivity contribution in [2.24, 2.45) is 0 Å². The standard InChI is InChI=1S/C19H25N7O2/c1-2-20-16-5-6-17(23-22-16)24-7-9-25(10-8-24)19(28)12-26-13-21-15(11-18(26)27)14-3-4-14/h5-6,11,13-14H,2-4,7-10,12H2,1H3,(H,20,22). The highest BCUT2D eigenvalue weighted by Gasteiger charge is 2.26. The molecule has 0 radical (unpaired) electrons. The molecule has 2 aliphatic rings. The van der Waals surface area contributed by atoms with Crippen LogP contribution >= 0.6 is 0 Å². The van der Waals surface area contributed by atoms with E-state index in [1.54, 1.807) is 11.0 Å². The second kappa shape index (κ2) is 7.95. The number of carbonyl (C=O) groups excluding carboxylic acids is 1. The average Bonchev–Trinajstić information content (AvgIpc) is 3.56. The van der Waals surface area contributed by atoms with E-state index in [0.29, 0.717) is 32.1 Å². The minimum Gasteiger partial charge on any atom is -0.369 e. The molecule has 1 N–H and O–H groups in total. The molecular weight excluding hydrogens is 358 g/mol. The molecule has 0 bridgehead atoms. The maximum absolute atomic E-state index is 12.6. The van der Waals surface area contributed by atoms with E-state index in [1.165, 1.54) is 10.9 Å². The SMILES string of the molecule is CCNc1ccc(N2CCN(C(=O)Cn3cnc(C4CC4)cc3=O)CC2)nn1. The van der Waals surface area contributed by atoms with Gasteiger partial charge in [-0.15, -0.1) is 10.2 Å². The Morgan fingerprint density at radius 3 is 2.57 bits per heavy atom. The topological polar surface area (TPSA) is 96.2 Å². The second-order valence-electron chi connectivity index (χ2n) is 7.23. The monoisotopic (exact) mass is 383 g/mol. The third-order valence-electron chi connectivity index (χ3n) is 5.17. The zero-order valence-electron chi connectivity index (χ0n) is 16.0. The lowest BCUT2D eigenvalue weighted by molar-refractivity contribution is -0.132. The molecule has 4 rings (SSSR count). The zero-order valence-corrected chi connectivity index (χ0v) is 16.0. The first kappa shape index (κ1) is 18.4. The summed E-state index contributed by atoms with van der Waals surface area (Å²) in [7, 11) is 0. The molecule has 3 heterocycles. The third kappa shape index (κ3) is 4.13. The fourth-order valence-corrected chi connectivity index (χ4v) is 3.36. The van der Waals surface area contributed by atoms with E-state index in [0.717, 1.165) is 36.7 Å². The Balaban J connectivity index is 1.32. The van der Waals surface area contributed by atoms with E-state index in [9.17, 15) is 9.59 Å². The van der Waals surface area contributed by atoms with Gasteiger partial charge in [-0.1, -0.05) is 0 Å². The van der Waals surface area contributed by atoms with E-state index in [-0.39, 0.29) is 18.0 Å². The summed E-state index contributed by atoms with van der Waals surface area (Å²) in [4.78, 5) is 33.1. The fourth-order valence-electron chi connectivity index (χ4n) is 3.36. The Kier molecular flexibility index (Phi) is 5.23. The molecule has 1 aliphatic heterocycles. The summed E-state index contributed by atoms with van der Waals surface area (Å²) in [5.74, 6) is 1.94. The number of hydrogen-bond acceptors (Lipinski definition) is 7. The van der Waals surface area contributed by atoms with Crippen molar-refractivity contribution in [2.75, 3.05) is 42.9 Å². The lowest BCUT2D eigenvalue weighted by Crippen LogP contribution is -2.50. The lowest BCUT2D eigenvalue weighted by atomic mass is 10.3. The molecule has 9 nitrogen and oxygen atoms in total.